The first-order valence-electron chi connectivity index (χ1n) is 5.06. The van der Waals surface area contributed by atoms with Crippen molar-refractivity contribution in [1.82, 2.24) is 9.97 Å². The van der Waals surface area contributed by atoms with Crippen molar-refractivity contribution in [2.24, 2.45) is 5.92 Å². The van der Waals surface area contributed by atoms with Gasteiger partial charge in [-0.25, -0.2) is 9.97 Å². The summed E-state index contributed by atoms with van der Waals surface area (Å²) in [6.45, 7) is 5.70. The third-order valence-electron chi connectivity index (χ3n) is 2.03. The van der Waals surface area contributed by atoms with Crippen molar-refractivity contribution in [1.29, 1.82) is 0 Å². The molecule has 88 valence electrons. The molecule has 1 rings (SSSR count). The van der Waals surface area contributed by atoms with Gasteiger partial charge in [-0.1, -0.05) is 18.7 Å². The van der Waals surface area contributed by atoms with E-state index >= 15 is 0 Å². The second kappa shape index (κ2) is 5.84. The van der Waals surface area contributed by atoms with Crippen LogP contribution in [0.5, 0.6) is 0 Å². The molecule has 0 aromatic carbocycles. The summed E-state index contributed by atoms with van der Waals surface area (Å²) in [5.41, 5.74) is 1.89. The number of thioether (sulfide) groups is 1. The Morgan fingerprint density at radius 1 is 1.44 bits per heavy atom. The van der Waals surface area contributed by atoms with Crippen molar-refractivity contribution < 1.29 is 9.53 Å². The molecule has 16 heavy (non-hydrogen) atoms. The molecule has 0 spiro atoms. The number of carbonyl (C=O) groups excluding carboxylic acids is 1. The Kier molecular flexibility index (Phi) is 4.73. The van der Waals surface area contributed by atoms with E-state index in [9.17, 15) is 4.79 Å². The van der Waals surface area contributed by atoms with Crippen molar-refractivity contribution in [3.05, 3.63) is 17.5 Å². The van der Waals surface area contributed by atoms with Gasteiger partial charge >= 0.3 is 5.97 Å². The molecule has 0 bridgehead atoms. The fourth-order valence-corrected chi connectivity index (χ4v) is 2.18. The van der Waals surface area contributed by atoms with E-state index in [1.165, 1.54) is 18.9 Å². The minimum Gasteiger partial charge on any atom is -0.469 e. The Morgan fingerprint density at radius 2 is 2.00 bits per heavy atom. The Labute approximate surface area is 99.8 Å². The number of hydrogen-bond donors (Lipinski definition) is 0. The lowest BCUT2D eigenvalue weighted by molar-refractivity contribution is -0.143. The molecule has 5 heteroatoms. The SMILES string of the molecule is COC(=O)C(C)CSc1nc(C)cc(C)n1. The van der Waals surface area contributed by atoms with Gasteiger partial charge in [0.25, 0.3) is 0 Å². The summed E-state index contributed by atoms with van der Waals surface area (Å²) < 4.78 is 4.65. The second-order valence-electron chi connectivity index (χ2n) is 3.67. The number of aromatic nitrogens is 2. The van der Waals surface area contributed by atoms with Crippen LogP contribution in [0.15, 0.2) is 11.2 Å². The minimum atomic E-state index is -0.197. The monoisotopic (exact) mass is 240 g/mol. The largest absolute Gasteiger partial charge is 0.469 e. The molecule has 1 atom stereocenters. The van der Waals surface area contributed by atoms with Crippen LogP contribution in [0.25, 0.3) is 0 Å². The number of ether oxygens (including phenoxy) is 1. The van der Waals surface area contributed by atoms with Crippen LogP contribution in [0.4, 0.5) is 0 Å². The first kappa shape index (κ1) is 13.0. The highest BCUT2D eigenvalue weighted by Gasteiger charge is 2.14. The standard InChI is InChI=1S/C11H16N2O2S/c1-7(10(14)15-4)6-16-11-12-8(2)5-9(3)13-11/h5,7H,6H2,1-4H3. The van der Waals surface area contributed by atoms with Gasteiger partial charge in [0.15, 0.2) is 5.16 Å². The van der Waals surface area contributed by atoms with Gasteiger partial charge < -0.3 is 4.74 Å². The minimum absolute atomic E-state index is 0.139. The van der Waals surface area contributed by atoms with Crippen LogP contribution >= 0.6 is 11.8 Å². The van der Waals surface area contributed by atoms with E-state index < -0.39 is 0 Å². The number of carbonyl (C=O) groups is 1. The molecule has 0 amide bonds. The predicted octanol–water partition coefficient (Wildman–Crippen LogP) is 1.99. The zero-order chi connectivity index (χ0) is 12.1. The van der Waals surface area contributed by atoms with Gasteiger partial charge in [0.05, 0.1) is 13.0 Å². The van der Waals surface area contributed by atoms with Crippen molar-refractivity contribution in [2.75, 3.05) is 12.9 Å². The molecule has 0 saturated heterocycles. The maximum absolute atomic E-state index is 11.2. The molecule has 1 aromatic heterocycles. The first-order chi connectivity index (χ1) is 7.52. The quantitative estimate of drug-likeness (QED) is 0.457. The van der Waals surface area contributed by atoms with Crippen LogP contribution in [-0.4, -0.2) is 28.8 Å². The molecule has 1 heterocycles. The topological polar surface area (TPSA) is 52.1 Å². The normalized spacial score (nSPS) is 12.2. The maximum atomic E-state index is 11.2. The van der Waals surface area contributed by atoms with E-state index in [2.05, 4.69) is 14.7 Å². The van der Waals surface area contributed by atoms with Crippen LogP contribution in [0, 0.1) is 19.8 Å². The van der Waals surface area contributed by atoms with Gasteiger partial charge in [-0.2, -0.15) is 0 Å². The van der Waals surface area contributed by atoms with Crippen molar-refractivity contribution in [3.8, 4) is 0 Å². The highest BCUT2D eigenvalue weighted by atomic mass is 32.2. The first-order valence-corrected chi connectivity index (χ1v) is 6.04. The fourth-order valence-electron chi connectivity index (χ4n) is 1.23. The molecule has 1 aromatic rings. The molecule has 1 unspecified atom stereocenters. The Bertz CT molecular complexity index is 362. The molecular weight excluding hydrogens is 224 g/mol. The molecule has 0 fully saturated rings. The number of rotatable bonds is 4. The molecule has 0 aliphatic heterocycles. The van der Waals surface area contributed by atoms with Crippen molar-refractivity contribution in [2.45, 2.75) is 25.9 Å². The molecule has 4 nitrogen and oxygen atoms in total. The lowest BCUT2D eigenvalue weighted by atomic mass is 10.2. The Morgan fingerprint density at radius 3 is 2.50 bits per heavy atom. The zero-order valence-electron chi connectivity index (χ0n) is 9.98. The molecule has 0 aliphatic carbocycles. The smallest absolute Gasteiger partial charge is 0.309 e. The summed E-state index contributed by atoms with van der Waals surface area (Å²) in [6, 6.07) is 1.92. The molecule has 0 aliphatic rings. The lowest BCUT2D eigenvalue weighted by Gasteiger charge is -2.08. The van der Waals surface area contributed by atoms with Crippen molar-refractivity contribution >= 4 is 17.7 Å². The average molecular weight is 240 g/mol. The van der Waals surface area contributed by atoms with Crippen LogP contribution < -0.4 is 0 Å². The molecule has 0 radical (unpaired) electrons. The summed E-state index contributed by atoms with van der Waals surface area (Å²) in [5.74, 6) is 0.298. The van der Waals surface area contributed by atoms with E-state index in [-0.39, 0.29) is 11.9 Å². The highest BCUT2D eigenvalue weighted by Crippen LogP contribution is 2.18. The molecule has 0 saturated carbocycles. The summed E-state index contributed by atoms with van der Waals surface area (Å²) in [6.07, 6.45) is 0. The number of aryl methyl sites for hydroxylation is 2. The number of nitrogens with zero attached hydrogens (tertiary/aromatic N) is 2. The van der Waals surface area contributed by atoms with Gasteiger partial charge in [-0.15, -0.1) is 0 Å². The van der Waals surface area contributed by atoms with E-state index in [0.29, 0.717) is 10.9 Å². The predicted molar refractivity (Wildman–Crippen MR) is 63.4 cm³/mol. The van der Waals surface area contributed by atoms with E-state index in [4.69, 9.17) is 0 Å². The number of hydrogen-bond acceptors (Lipinski definition) is 5. The zero-order valence-corrected chi connectivity index (χ0v) is 10.8. The Hall–Kier alpha value is -1.10. The summed E-state index contributed by atoms with van der Waals surface area (Å²) in [4.78, 5) is 19.8. The summed E-state index contributed by atoms with van der Waals surface area (Å²) >= 11 is 1.48. The van der Waals surface area contributed by atoms with Gasteiger partial charge in [0.1, 0.15) is 0 Å². The maximum Gasteiger partial charge on any atom is 0.309 e. The molecule has 0 N–H and O–H groups in total. The van der Waals surface area contributed by atoms with Crippen LogP contribution in [0.1, 0.15) is 18.3 Å². The van der Waals surface area contributed by atoms with Crippen LogP contribution in [0.2, 0.25) is 0 Å². The van der Waals surface area contributed by atoms with E-state index in [0.717, 1.165) is 11.4 Å². The van der Waals surface area contributed by atoms with Gasteiger partial charge in [0, 0.05) is 17.1 Å². The van der Waals surface area contributed by atoms with E-state index in [1.54, 1.807) is 0 Å². The van der Waals surface area contributed by atoms with E-state index in [1.807, 2.05) is 26.8 Å². The lowest BCUT2D eigenvalue weighted by Crippen LogP contribution is -2.15. The number of methoxy groups -OCH3 is 1. The van der Waals surface area contributed by atoms with Crippen LogP contribution in [0.3, 0.4) is 0 Å². The fraction of sp³-hybridized carbons (Fsp3) is 0.545. The second-order valence-corrected chi connectivity index (χ2v) is 4.66. The van der Waals surface area contributed by atoms with Gasteiger partial charge in [0.2, 0.25) is 0 Å². The van der Waals surface area contributed by atoms with Crippen molar-refractivity contribution in [3.63, 3.8) is 0 Å². The third kappa shape index (κ3) is 3.81. The summed E-state index contributed by atoms with van der Waals surface area (Å²) in [7, 11) is 1.40. The average Bonchev–Trinajstić information content (AvgIpc) is 2.23. The molecular formula is C11H16N2O2S. The number of esters is 1. The Balaban J connectivity index is 2.57. The van der Waals surface area contributed by atoms with Gasteiger partial charge in [-0.05, 0) is 19.9 Å². The highest BCUT2D eigenvalue weighted by molar-refractivity contribution is 7.99. The van der Waals surface area contributed by atoms with Crippen LogP contribution in [-0.2, 0) is 9.53 Å². The third-order valence-corrected chi connectivity index (χ3v) is 3.14. The summed E-state index contributed by atoms with van der Waals surface area (Å²) in [5, 5.41) is 0.716. The van der Waals surface area contributed by atoms with Gasteiger partial charge in [-0.3, -0.25) is 4.79 Å².